The predicted octanol–water partition coefficient (Wildman–Crippen LogP) is 3.80. The lowest BCUT2D eigenvalue weighted by Crippen LogP contribution is -2.22. The van der Waals surface area contributed by atoms with E-state index in [-0.39, 0.29) is 10.6 Å². The average molecular weight is 323 g/mol. The molecular formula is C16H16ClFN2O2. The van der Waals surface area contributed by atoms with Crippen molar-refractivity contribution < 1.29 is 14.0 Å². The standard InChI is InChI=1S/C16H16ClFN2O2/c1-11(21-2)22-20-16(12-6-4-3-5-7-12)15(17)13-10-19-9-8-14(13)18/h3-11,20H,1-2H3. The predicted molar refractivity (Wildman–Crippen MR) is 84.0 cm³/mol. The van der Waals surface area contributed by atoms with Crippen LogP contribution >= 0.6 is 11.6 Å². The van der Waals surface area contributed by atoms with Gasteiger partial charge in [0.25, 0.3) is 0 Å². The number of benzene rings is 1. The third-order valence-electron chi connectivity index (χ3n) is 2.95. The van der Waals surface area contributed by atoms with Crippen molar-refractivity contribution in [3.63, 3.8) is 0 Å². The van der Waals surface area contributed by atoms with Crippen LogP contribution in [0.3, 0.4) is 0 Å². The van der Waals surface area contributed by atoms with Crippen LogP contribution in [0.2, 0.25) is 0 Å². The Balaban J connectivity index is 2.43. The summed E-state index contributed by atoms with van der Waals surface area (Å²) in [4.78, 5) is 9.23. The van der Waals surface area contributed by atoms with Gasteiger partial charge in [-0.25, -0.2) is 9.23 Å². The number of ether oxygens (including phenoxy) is 1. The van der Waals surface area contributed by atoms with Gasteiger partial charge in [0.05, 0.1) is 10.7 Å². The Morgan fingerprint density at radius 1 is 1.27 bits per heavy atom. The van der Waals surface area contributed by atoms with E-state index in [2.05, 4.69) is 10.5 Å². The molecule has 4 nitrogen and oxygen atoms in total. The molecule has 1 unspecified atom stereocenters. The van der Waals surface area contributed by atoms with Crippen LogP contribution in [-0.2, 0) is 9.57 Å². The van der Waals surface area contributed by atoms with Crippen molar-refractivity contribution in [1.29, 1.82) is 0 Å². The van der Waals surface area contributed by atoms with E-state index in [1.54, 1.807) is 6.92 Å². The smallest absolute Gasteiger partial charge is 0.180 e. The molecule has 1 heterocycles. The van der Waals surface area contributed by atoms with Gasteiger partial charge in [-0.05, 0) is 13.0 Å². The maximum absolute atomic E-state index is 13.9. The molecule has 0 radical (unpaired) electrons. The fourth-order valence-electron chi connectivity index (χ4n) is 1.70. The Morgan fingerprint density at radius 2 is 2.00 bits per heavy atom. The van der Waals surface area contributed by atoms with Gasteiger partial charge in [0, 0.05) is 30.6 Å². The minimum Gasteiger partial charge on any atom is -0.354 e. The Morgan fingerprint density at radius 3 is 2.64 bits per heavy atom. The third-order valence-corrected chi connectivity index (χ3v) is 3.34. The first-order chi connectivity index (χ1) is 10.6. The molecular weight excluding hydrogens is 307 g/mol. The molecule has 0 fully saturated rings. The number of hydrogen-bond acceptors (Lipinski definition) is 4. The van der Waals surface area contributed by atoms with E-state index in [0.29, 0.717) is 5.70 Å². The third kappa shape index (κ3) is 4.04. The van der Waals surface area contributed by atoms with Crippen LogP contribution < -0.4 is 5.48 Å². The minimum absolute atomic E-state index is 0.167. The molecule has 1 aromatic carbocycles. The van der Waals surface area contributed by atoms with Crippen LogP contribution in [0.25, 0.3) is 10.7 Å². The van der Waals surface area contributed by atoms with E-state index >= 15 is 0 Å². The first-order valence-electron chi connectivity index (χ1n) is 6.63. The first-order valence-corrected chi connectivity index (χ1v) is 7.00. The number of rotatable bonds is 6. The summed E-state index contributed by atoms with van der Waals surface area (Å²) in [7, 11) is 1.51. The van der Waals surface area contributed by atoms with Gasteiger partial charge >= 0.3 is 0 Å². The number of hydroxylamine groups is 1. The molecule has 2 aromatic rings. The van der Waals surface area contributed by atoms with Crippen molar-refractivity contribution in [2.75, 3.05) is 7.11 Å². The normalized spacial score (nSPS) is 13.5. The van der Waals surface area contributed by atoms with E-state index in [0.717, 1.165) is 5.56 Å². The molecule has 0 saturated heterocycles. The van der Waals surface area contributed by atoms with Crippen LogP contribution in [0.4, 0.5) is 4.39 Å². The highest BCUT2D eigenvalue weighted by atomic mass is 35.5. The second-order valence-corrected chi connectivity index (χ2v) is 4.81. The summed E-state index contributed by atoms with van der Waals surface area (Å²) in [6, 6.07) is 10.5. The quantitative estimate of drug-likeness (QED) is 0.649. The second kappa shape index (κ2) is 7.89. The number of hydrogen-bond donors (Lipinski definition) is 1. The number of nitrogens with one attached hydrogen (secondary N) is 1. The van der Waals surface area contributed by atoms with Crippen LogP contribution in [-0.4, -0.2) is 18.4 Å². The number of halogens is 2. The first kappa shape index (κ1) is 16.4. The Bertz CT molecular complexity index is 650. The van der Waals surface area contributed by atoms with Gasteiger partial charge in [0.2, 0.25) is 0 Å². The maximum atomic E-state index is 13.9. The average Bonchev–Trinajstić information content (AvgIpc) is 2.56. The Kier molecular flexibility index (Phi) is 5.89. The second-order valence-electron chi connectivity index (χ2n) is 4.43. The van der Waals surface area contributed by atoms with Crippen molar-refractivity contribution in [2.24, 2.45) is 0 Å². The summed E-state index contributed by atoms with van der Waals surface area (Å²) in [5, 5.41) is 0.167. The molecule has 22 heavy (non-hydrogen) atoms. The molecule has 0 amide bonds. The van der Waals surface area contributed by atoms with E-state index in [9.17, 15) is 4.39 Å². The summed E-state index contributed by atoms with van der Waals surface area (Å²) in [5.74, 6) is -0.463. The van der Waals surface area contributed by atoms with Crippen LogP contribution in [0.5, 0.6) is 0 Å². The highest BCUT2D eigenvalue weighted by Gasteiger charge is 2.14. The summed E-state index contributed by atoms with van der Waals surface area (Å²) in [5.41, 5.74) is 4.10. The molecule has 1 N–H and O–H groups in total. The van der Waals surface area contributed by atoms with Crippen molar-refractivity contribution >= 4 is 22.3 Å². The van der Waals surface area contributed by atoms with Gasteiger partial charge in [-0.3, -0.25) is 10.5 Å². The lowest BCUT2D eigenvalue weighted by Gasteiger charge is -2.17. The fraction of sp³-hybridized carbons (Fsp3) is 0.188. The molecule has 0 spiro atoms. The van der Waals surface area contributed by atoms with E-state index < -0.39 is 12.1 Å². The summed E-state index contributed by atoms with van der Waals surface area (Å²) < 4.78 is 18.9. The van der Waals surface area contributed by atoms with Gasteiger partial charge < -0.3 is 4.74 Å². The molecule has 0 aliphatic heterocycles. The van der Waals surface area contributed by atoms with Crippen molar-refractivity contribution in [3.8, 4) is 0 Å². The lowest BCUT2D eigenvalue weighted by molar-refractivity contribution is -0.138. The molecule has 1 aromatic heterocycles. The van der Waals surface area contributed by atoms with E-state index in [4.69, 9.17) is 21.2 Å². The van der Waals surface area contributed by atoms with Gasteiger partial charge in [0.15, 0.2) is 6.29 Å². The van der Waals surface area contributed by atoms with Crippen LogP contribution in [0, 0.1) is 5.82 Å². The van der Waals surface area contributed by atoms with Crippen LogP contribution in [0.1, 0.15) is 18.1 Å². The van der Waals surface area contributed by atoms with Gasteiger partial charge in [0.1, 0.15) is 5.82 Å². The lowest BCUT2D eigenvalue weighted by atomic mass is 10.1. The summed E-state index contributed by atoms with van der Waals surface area (Å²) >= 11 is 6.36. The molecule has 116 valence electrons. The van der Waals surface area contributed by atoms with Crippen LogP contribution in [0.15, 0.2) is 48.8 Å². The SMILES string of the molecule is COC(C)ONC(=C(Cl)c1cnccc1F)c1ccccc1. The van der Waals surface area contributed by atoms with E-state index in [1.165, 1.54) is 25.6 Å². The number of aromatic nitrogens is 1. The molecule has 0 aliphatic rings. The summed E-state index contributed by atoms with van der Waals surface area (Å²) in [6.07, 6.45) is 2.23. The molecule has 0 saturated carbocycles. The zero-order valence-electron chi connectivity index (χ0n) is 12.2. The zero-order valence-corrected chi connectivity index (χ0v) is 13.0. The molecule has 0 aliphatic carbocycles. The Labute approximate surface area is 133 Å². The highest BCUT2D eigenvalue weighted by molar-refractivity contribution is 6.52. The number of methoxy groups -OCH3 is 1. The monoisotopic (exact) mass is 322 g/mol. The molecule has 0 bridgehead atoms. The van der Waals surface area contributed by atoms with Gasteiger partial charge in [-0.15, -0.1) is 0 Å². The summed E-state index contributed by atoms with van der Waals surface area (Å²) in [6.45, 7) is 1.72. The molecule has 2 rings (SSSR count). The molecule has 1 atom stereocenters. The van der Waals surface area contributed by atoms with Crippen molar-refractivity contribution in [1.82, 2.24) is 10.5 Å². The minimum atomic E-state index is -0.498. The van der Waals surface area contributed by atoms with Gasteiger partial charge in [-0.1, -0.05) is 41.9 Å². The Hall–Kier alpha value is -1.95. The topological polar surface area (TPSA) is 43.4 Å². The zero-order chi connectivity index (χ0) is 15.9. The van der Waals surface area contributed by atoms with Gasteiger partial charge in [-0.2, -0.15) is 0 Å². The van der Waals surface area contributed by atoms with Crippen molar-refractivity contribution in [2.45, 2.75) is 13.2 Å². The number of pyridine rings is 1. The van der Waals surface area contributed by atoms with Crippen molar-refractivity contribution in [3.05, 3.63) is 65.7 Å². The highest BCUT2D eigenvalue weighted by Crippen LogP contribution is 2.29. The largest absolute Gasteiger partial charge is 0.354 e. The molecule has 6 heteroatoms. The maximum Gasteiger partial charge on any atom is 0.180 e. The fourth-order valence-corrected chi connectivity index (χ4v) is 1.99. The van der Waals surface area contributed by atoms with E-state index in [1.807, 2.05) is 30.3 Å². The number of nitrogens with zero attached hydrogens (tertiary/aromatic N) is 1.